The zero-order valence-electron chi connectivity index (χ0n) is 14.2. The standard InChI is InChI=1S/C16H27N3O3S/c1-4-18-9-11-19(12-10-18)13-14-22-15-5-7-16(8-6-15)23(20,21)17(2)3/h5-8H,4,9-14H2,1-3H3. The second kappa shape index (κ2) is 8.10. The van der Waals surface area contributed by atoms with Gasteiger partial charge in [-0.25, -0.2) is 12.7 Å². The van der Waals surface area contributed by atoms with Gasteiger partial charge in [0.25, 0.3) is 0 Å². The Balaban J connectivity index is 1.79. The third-order valence-corrected chi connectivity index (χ3v) is 6.02. The lowest BCUT2D eigenvalue weighted by molar-refractivity contribution is 0.121. The van der Waals surface area contributed by atoms with E-state index < -0.39 is 10.0 Å². The van der Waals surface area contributed by atoms with Crippen molar-refractivity contribution in [2.75, 3.05) is 60.0 Å². The van der Waals surface area contributed by atoms with E-state index in [9.17, 15) is 8.42 Å². The summed E-state index contributed by atoms with van der Waals surface area (Å²) in [5.74, 6) is 0.704. The SMILES string of the molecule is CCN1CCN(CCOc2ccc(S(=O)(=O)N(C)C)cc2)CC1. The van der Waals surface area contributed by atoms with Crippen LogP contribution in [0.4, 0.5) is 0 Å². The number of sulfonamides is 1. The molecule has 23 heavy (non-hydrogen) atoms. The summed E-state index contributed by atoms with van der Waals surface area (Å²) in [6, 6.07) is 6.60. The van der Waals surface area contributed by atoms with Crippen LogP contribution in [-0.4, -0.2) is 82.5 Å². The van der Waals surface area contributed by atoms with E-state index in [1.165, 1.54) is 18.4 Å². The lowest BCUT2D eigenvalue weighted by Crippen LogP contribution is -2.47. The molecule has 1 saturated heterocycles. The molecule has 0 atom stereocenters. The molecule has 1 aliphatic heterocycles. The molecule has 0 spiro atoms. The maximum Gasteiger partial charge on any atom is 0.242 e. The van der Waals surface area contributed by atoms with Crippen molar-refractivity contribution in [1.82, 2.24) is 14.1 Å². The van der Waals surface area contributed by atoms with Gasteiger partial charge in [0.1, 0.15) is 12.4 Å². The van der Waals surface area contributed by atoms with Gasteiger partial charge in [0.05, 0.1) is 4.90 Å². The van der Waals surface area contributed by atoms with Crippen LogP contribution in [0.3, 0.4) is 0 Å². The second-order valence-electron chi connectivity index (χ2n) is 5.88. The quantitative estimate of drug-likeness (QED) is 0.739. The van der Waals surface area contributed by atoms with E-state index in [4.69, 9.17) is 4.74 Å². The van der Waals surface area contributed by atoms with Gasteiger partial charge in [-0.1, -0.05) is 6.92 Å². The summed E-state index contributed by atoms with van der Waals surface area (Å²) in [5, 5.41) is 0. The van der Waals surface area contributed by atoms with Crippen molar-refractivity contribution in [3.8, 4) is 5.75 Å². The van der Waals surface area contributed by atoms with E-state index in [0.717, 1.165) is 39.3 Å². The average Bonchev–Trinajstić information content (AvgIpc) is 2.56. The number of piperazine rings is 1. The van der Waals surface area contributed by atoms with Crippen LogP contribution in [0.5, 0.6) is 5.75 Å². The van der Waals surface area contributed by atoms with Crippen molar-refractivity contribution >= 4 is 10.0 Å². The van der Waals surface area contributed by atoms with Crippen molar-refractivity contribution in [3.05, 3.63) is 24.3 Å². The first-order chi connectivity index (χ1) is 10.9. The van der Waals surface area contributed by atoms with Crippen molar-refractivity contribution in [1.29, 1.82) is 0 Å². The van der Waals surface area contributed by atoms with Gasteiger partial charge in [0.2, 0.25) is 10.0 Å². The molecule has 1 aromatic carbocycles. The van der Waals surface area contributed by atoms with E-state index in [1.54, 1.807) is 24.3 Å². The van der Waals surface area contributed by atoms with Crippen LogP contribution < -0.4 is 4.74 Å². The first-order valence-electron chi connectivity index (χ1n) is 8.03. The van der Waals surface area contributed by atoms with Gasteiger partial charge in [-0.15, -0.1) is 0 Å². The van der Waals surface area contributed by atoms with Crippen molar-refractivity contribution in [2.45, 2.75) is 11.8 Å². The molecule has 1 heterocycles. The first-order valence-corrected chi connectivity index (χ1v) is 9.47. The number of benzene rings is 1. The van der Waals surface area contributed by atoms with Gasteiger partial charge >= 0.3 is 0 Å². The smallest absolute Gasteiger partial charge is 0.242 e. The van der Waals surface area contributed by atoms with Gasteiger partial charge in [0, 0.05) is 46.8 Å². The molecule has 6 nitrogen and oxygen atoms in total. The minimum Gasteiger partial charge on any atom is -0.492 e. The molecule has 1 fully saturated rings. The van der Waals surface area contributed by atoms with Crippen molar-refractivity contribution < 1.29 is 13.2 Å². The van der Waals surface area contributed by atoms with Crippen molar-refractivity contribution in [2.24, 2.45) is 0 Å². The van der Waals surface area contributed by atoms with Crippen LogP contribution in [0.1, 0.15) is 6.92 Å². The molecule has 1 aliphatic rings. The zero-order chi connectivity index (χ0) is 16.9. The number of hydrogen-bond acceptors (Lipinski definition) is 5. The van der Waals surface area contributed by atoms with Crippen molar-refractivity contribution in [3.63, 3.8) is 0 Å². The lowest BCUT2D eigenvalue weighted by atomic mass is 10.3. The summed E-state index contributed by atoms with van der Waals surface area (Å²) in [6.45, 7) is 9.22. The normalized spacial score (nSPS) is 17.6. The lowest BCUT2D eigenvalue weighted by Gasteiger charge is -2.33. The molecule has 0 N–H and O–H groups in total. The third kappa shape index (κ3) is 4.91. The Kier molecular flexibility index (Phi) is 6.41. The Bertz CT molecular complexity index is 579. The van der Waals surface area contributed by atoms with E-state index in [-0.39, 0.29) is 4.90 Å². The Morgan fingerprint density at radius 1 is 1.04 bits per heavy atom. The van der Waals surface area contributed by atoms with Crippen LogP contribution in [-0.2, 0) is 10.0 Å². The van der Waals surface area contributed by atoms with E-state index >= 15 is 0 Å². The predicted octanol–water partition coefficient (Wildman–Crippen LogP) is 0.953. The highest BCUT2D eigenvalue weighted by atomic mass is 32.2. The van der Waals surface area contributed by atoms with Crippen LogP contribution in [0.2, 0.25) is 0 Å². The van der Waals surface area contributed by atoms with Gasteiger partial charge in [-0.2, -0.15) is 0 Å². The summed E-state index contributed by atoms with van der Waals surface area (Å²) in [7, 11) is -0.323. The Hall–Kier alpha value is -1.15. The summed E-state index contributed by atoms with van der Waals surface area (Å²) in [4.78, 5) is 5.13. The molecule has 0 saturated carbocycles. The molecule has 130 valence electrons. The highest BCUT2D eigenvalue weighted by Gasteiger charge is 2.17. The van der Waals surface area contributed by atoms with Gasteiger partial charge < -0.3 is 9.64 Å². The first kappa shape index (κ1) is 18.2. The van der Waals surface area contributed by atoms with E-state index in [0.29, 0.717) is 12.4 Å². The molecule has 0 radical (unpaired) electrons. The average molecular weight is 341 g/mol. The fourth-order valence-electron chi connectivity index (χ4n) is 2.54. The van der Waals surface area contributed by atoms with Gasteiger partial charge in [-0.3, -0.25) is 4.90 Å². The largest absolute Gasteiger partial charge is 0.492 e. The topological polar surface area (TPSA) is 53.1 Å². The number of rotatable bonds is 7. The van der Waals surface area contributed by atoms with E-state index in [2.05, 4.69) is 16.7 Å². The number of ether oxygens (including phenoxy) is 1. The summed E-state index contributed by atoms with van der Waals surface area (Å²) >= 11 is 0. The number of likely N-dealkylation sites (N-methyl/N-ethyl adjacent to an activating group) is 1. The van der Waals surface area contributed by atoms with Crippen LogP contribution >= 0.6 is 0 Å². The number of nitrogens with zero attached hydrogens (tertiary/aromatic N) is 3. The van der Waals surface area contributed by atoms with Crippen LogP contribution in [0.25, 0.3) is 0 Å². The monoisotopic (exact) mass is 341 g/mol. The highest BCUT2D eigenvalue weighted by Crippen LogP contribution is 2.18. The minimum atomic E-state index is -3.37. The summed E-state index contributed by atoms with van der Waals surface area (Å²) in [5.41, 5.74) is 0. The molecular weight excluding hydrogens is 314 g/mol. The fourth-order valence-corrected chi connectivity index (χ4v) is 3.44. The Morgan fingerprint density at radius 3 is 2.13 bits per heavy atom. The van der Waals surface area contributed by atoms with E-state index in [1.807, 2.05) is 0 Å². The van der Waals surface area contributed by atoms with Gasteiger partial charge in [-0.05, 0) is 30.8 Å². The highest BCUT2D eigenvalue weighted by molar-refractivity contribution is 7.89. The summed E-state index contributed by atoms with van der Waals surface area (Å²) < 4.78 is 30.9. The number of hydrogen-bond donors (Lipinski definition) is 0. The predicted molar refractivity (Wildman–Crippen MR) is 91.4 cm³/mol. The van der Waals surface area contributed by atoms with Crippen LogP contribution in [0.15, 0.2) is 29.2 Å². The molecule has 0 aliphatic carbocycles. The molecule has 0 unspecified atom stereocenters. The fraction of sp³-hybridized carbons (Fsp3) is 0.625. The zero-order valence-corrected chi connectivity index (χ0v) is 15.1. The molecular formula is C16H27N3O3S. The third-order valence-electron chi connectivity index (χ3n) is 4.19. The maximum atomic E-state index is 12.0. The molecule has 1 aromatic rings. The maximum absolute atomic E-state index is 12.0. The van der Waals surface area contributed by atoms with Gasteiger partial charge in [0.15, 0.2) is 0 Å². The summed E-state index contributed by atoms with van der Waals surface area (Å²) in [6.07, 6.45) is 0. The molecule has 2 rings (SSSR count). The molecule has 0 amide bonds. The Labute approximate surface area is 139 Å². The second-order valence-corrected chi connectivity index (χ2v) is 8.04. The Morgan fingerprint density at radius 2 is 1.61 bits per heavy atom. The van der Waals surface area contributed by atoms with Crippen LogP contribution in [0, 0.1) is 0 Å². The molecule has 0 aromatic heterocycles. The molecule has 0 bridgehead atoms. The molecule has 7 heteroatoms. The minimum absolute atomic E-state index is 0.283.